The summed E-state index contributed by atoms with van der Waals surface area (Å²) in [6.07, 6.45) is 2.16. The molecule has 0 aliphatic carbocycles. The Bertz CT molecular complexity index is 705. The highest BCUT2D eigenvalue weighted by Gasteiger charge is 2.13. The monoisotopic (exact) mass is 276 g/mol. The zero-order valence-electron chi connectivity index (χ0n) is 12.6. The quantitative estimate of drug-likeness (QED) is 0.580. The van der Waals surface area contributed by atoms with Gasteiger partial charge in [-0.1, -0.05) is 73.5 Å². The SMILES string of the molecule is CCCc1cc(-c2ccccc2)oc1-c1ccc(C)cc1. The zero-order chi connectivity index (χ0) is 14.7. The van der Waals surface area contributed by atoms with Crippen molar-refractivity contribution in [1.29, 1.82) is 0 Å². The fraction of sp³-hybridized carbons (Fsp3) is 0.200. The second kappa shape index (κ2) is 6.01. The highest BCUT2D eigenvalue weighted by Crippen LogP contribution is 2.33. The van der Waals surface area contributed by atoms with E-state index < -0.39 is 0 Å². The standard InChI is InChI=1S/C20H20O/c1-3-7-18-14-19(16-8-5-4-6-9-16)21-20(18)17-12-10-15(2)11-13-17/h4-6,8-14H,3,7H2,1-2H3. The maximum Gasteiger partial charge on any atom is 0.137 e. The summed E-state index contributed by atoms with van der Waals surface area (Å²) in [5, 5.41) is 0. The molecule has 0 saturated heterocycles. The first kappa shape index (κ1) is 13.7. The minimum Gasteiger partial charge on any atom is -0.456 e. The maximum atomic E-state index is 6.18. The third kappa shape index (κ3) is 2.92. The number of rotatable bonds is 4. The van der Waals surface area contributed by atoms with Crippen LogP contribution in [0.1, 0.15) is 24.5 Å². The van der Waals surface area contributed by atoms with Gasteiger partial charge in [-0.2, -0.15) is 0 Å². The Balaban J connectivity index is 2.06. The van der Waals surface area contributed by atoms with Crippen LogP contribution in [0.5, 0.6) is 0 Å². The first-order chi connectivity index (χ1) is 10.3. The number of aryl methyl sites for hydroxylation is 2. The van der Waals surface area contributed by atoms with Gasteiger partial charge < -0.3 is 4.42 Å². The van der Waals surface area contributed by atoms with Crippen molar-refractivity contribution < 1.29 is 4.42 Å². The lowest BCUT2D eigenvalue weighted by Gasteiger charge is -2.02. The molecule has 0 aliphatic rings. The van der Waals surface area contributed by atoms with Crippen molar-refractivity contribution in [3.63, 3.8) is 0 Å². The van der Waals surface area contributed by atoms with E-state index in [0.29, 0.717) is 0 Å². The largest absolute Gasteiger partial charge is 0.456 e. The molecule has 3 rings (SSSR count). The van der Waals surface area contributed by atoms with Gasteiger partial charge in [0.1, 0.15) is 11.5 Å². The number of hydrogen-bond donors (Lipinski definition) is 0. The van der Waals surface area contributed by atoms with Gasteiger partial charge in [-0.15, -0.1) is 0 Å². The smallest absolute Gasteiger partial charge is 0.137 e. The van der Waals surface area contributed by atoms with Crippen LogP contribution in [0.4, 0.5) is 0 Å². The molecule has 3 aromatic rings. The predicted molar refractivity (Wildman–Crippen MR) is 88.3 cm³/mol. The summed E-state index contributed by atoms with van der Waals surface area (Å²) < 4.78 is 6.18. The van der Waals surface area contributed by atoms with E-state index >= 15 is 0 Å². The van der Waals surface area contributed by atoms with Gasteiger partial charge in [0, 0.05) is 11.1 Å². The lowest BCUT2D eigenvalue weighted by molar-refractivity contribution is 0.593. The zero-order valence-corrected chi connectivity index (χ0v) is 12.6. The molecule has 106 valence electrons. The van der Waals surface area contributed by atoms with Gasteiger partial charge in [0.2, 0.25) is 0 Å². The minimum atomic E-state index is 0.953. The average Bonchev–Trinajstić information content (AvgIpc) is 2.93. The van der Waals surface area contributed by atoms with Gasteiger partial charge in [-0.05, 0) is 25.0 Å². The summed E-state index contributed by atoms with van der Waals surface area (Å²) in [5.74, 6) is 1.96. The number of benzene rings is 2. The Labute approximate surface area is 126 Å². The lowest BCUT2D eigenvalue weighted by atomic mass is 10.0. The second-order valence-electron chi connectivity index (χ2n) is 5.45. The average molecular weight is 276 g/mol. The van der Waals surface area contributed by atoms with Gasteiger partial charge in [0.15, 0.2) is 0 Å². The second-order valence-corrected chi connectivity index (χ2v) is 5.45. The Morgan fingerprint density at radius 3 is 2.24 bits per heavy atom. The Morgan fingerprint density at radius 2 is 1.57 bits per heavy atom. The van der Waals surface area contributed by atoms with Crippen molar-refractivity contribution in [2.24, 2.45) is 0 Å². The van der Waals surface area contributed by atoms with Crippen molar-refractivity contribution in [2.75, 3.05) is 0 Å². The van der Waals surface area contributed by atoms with Gasteiger partial charge >= 0.3 is 0 Å². The molecule has 1 heteroatoms. The molecule has 0 N–H and O–H groups in total. The van der Waals surface area contributed by atoms with Crippen molar-refractivity contribution in [3.8, 4) is 22.6 Å². The minimum absolute atomic E-state index is 0.953. The fourth-order valence-corrected chi connectivity index (χ4v) is 2.58. The predicted octanol–water partition coefficient (Wildman–Crippen LogP) is 5.87. The molecule has 0 aliphatic heterocycles. The summed E-state index contributed by atoms with van der Waals surface area (Å²) in [7, 11) is 0. The third-order valence-corrected chi connectivity index (χ3v) is 3.70. The lowest BCUT2D eigenvalue weighted by Crippen LogP contribution is -1.84. The Kier molecular flexibility index (Phi) is 3.92. The van der Waals surface area contributed by atoms with E-state index in [1.54, 1.807) is 0 Å². The van der Waals surface area contributed by atoms with Crippen LogP contribution in [0.15, 0.2) is 65.1 Å². The van der Waals surface area contributed by atoms with E-state index in [-0.39, 0.29) is 0 Å². The van der Waals surface area contributed by atoms with Crippen LogP contribution in [-0.4, -0.2) is 0 Å². The number of furan rings is 1. The summed E-state index contributed by atoms with van der Waals surface area (Å²) in [4.78, 5) is 0. The van der Waals surface area contributed by atoms with E-state index in [1.807, 2.05) is 18.2 Å². The van der Waals surface area contributed by atoms with Crippen LogP contribution in [0.2, 0.25) is 0 Å². The summed E-state index contributed by atoms with van der Waals surface area (Å²) in [6.45, 7) is 4.31. The van der Waals surface area contributed by atoms with Crippen molar-refractivity contribution in [1.82, 2.24) is 0 Å². The van der Waals surface area contributed by atoms with Crippen molar-refractivity contribution >= 4 is 0 Å². The molecule has 0 spiro atoms. The topological polar surface area (TPSA) is 13.1 Å². The van der Waals surface area contributed by atoms with Crippen LogP contribution in [0.25, 0.3) is 22.6 Å². The molecule has 0 fully saturated rings. The Hall–Kier alpha value is -2.28. The summed E-state index contributed by atoms with van der Waals surface area (Å²) in [6, 6.07) is 21.0. The molecule has 2 aromatic carbocycles. The van der Waals surface area contributed by atoms with E-state index in [0.717, 1.165) is 35.5 Å². The molecule has 0 saturated carbocycles. The fourth-order valence-electron chi connectivity index (χ4n) is 2.58. The Morgan fingerprint density at radius 1 is 0.857 bits per heavy atom. The van der Waals surface area contributed by atoms with Gasteiger partial charge in [-0.25, -0.2) is 0 Å². The first-order valence-corrected chi connectivity index (χ1v) is 7.53. The van der Waals surface area contributed by atoms with Crippen molar-refractivity contribution in [2.45, 2.75) is 26.7 Å². The molecule has 0 atom stereocenters. The van der Waals surface area contributed by atoms with Crippen LogP contribution >= 0.6 is 0 Å². The van der Waals surface area contributed by atoms with E-state index in [1.165, 1.54) is 11.1 Å². The summed E-state index contributed by atoms with van der Waals surface area (Å²) >= 11 is 0. The number of hydrogen-bond acceptors (Lipinski definition) is 1. The van der Waals surface area contributed by atoms with Gasteiger partial charge in [0.25, 0.3) is 0 Å². The van der Waals surface area contributed by atoms with Crippen LogP contribution in [0.3, 0.4) is 0 Å². The van der Waals surface area contributed by atoms with E-state index in [9.17, 15) is 0 Å². The molecule has 21 heavy (non-hydrogen) atoms. The van der Waals surface area contributed by atoms with E-state index in [4.69, 9.17) is 4.42 Å². The molecular weight excluding hydrogens is 256 g/mol. The van der Waals surface area contributed by atoms with E-state index in [2.05, 4.69) is 56.3 Å². The summed E-state index contributed by atoms with van der Waals surface area (Å²) in [5.41, 5.74) is 4.85. The molecule has 0 unspecified atom stereocenters. The highest BCUT2D eigenvalue weighted by molar-refractivity contribution is 5.68. The molecule has 0 amide bonds. The normalized spacial score (nSPS) is 10.8. The molecular formula is C20H20O. The third-order valence-electron chi connectivity index (χ3n) is 3.70. The van der Waals surface area contributed by atoms with Crippen molar-refractivity contribution in [3.05, 3.63) is 71.8 Å². The first-order valence-electron chi connectivity index (χ1n) is 7.53. The molecule has 0 radical (unpaired) electrons. The highest BCUT2D eigenvalue weighted by atomic mass is 16.3. The molecule has 1 aromatic heterocycles. The van der Waals surface area contributed by atoms with Crippen LogP contribution in [-0.2, 0) is 6.42 Å². The van der Waals surface area contributed by atoms with Gasteiger partial charge in [0.05, 0.1) is 0 Å². The molecule has 1 heterocycles. The molecule has 1 nitrogen and oxygen atoms in total. The maximum absolute atomic E-state index is 6.18. The van der Waals surface area contributed by atoms with Crippen LogP contribution in [0, 0.1) is 6.92 Å². The van der Waals surface area contributed by atoms with Crippen LogP contribution < -0.4 is 0 Å². The molecule has 0 bridgehead atoms. The van der Waals surface area contributed by atoms with Gasteiger partial charge in [-0.3, -0.25) is 0 Å².